The summed E-state index contributed by atoms with van der Waals surface area (Å²) in [7, 11) is -4.46. The Morgan fingerprint density at radius 2 is 1.77 bits per heavy atom. The van der Waals surface area contributed by atoms with Crippen molar-refractivity contribution in [2.45, 2.75) is 25.3 Å². The minimum atomic E-state index is -4.46. The molecule has 0 amide bonds. The molecule has 0 N–H and O–H groups in total. The number of benzene rings is 2. The number of sulfonamides is 1. The predicted octanol–water partition coefficient (Wildman–Crippen LogP) is 3.03. The highest BCUT2D eigenvalue weighted by Crippen LogP contribution is 2.22. The highest BCUT2D eigenvalue weighted by Gasteiger charge is 2.30. The SMILES string of the molecule is CCOC(=O)CN(Cc1ccc(C)cc1)S(=O)(=O)c1cc(F)ccc1F. The highest BCUT2D eigenvalue weighted by molar-refractivity contribution is 7.89. The molecule has 0 spiro atoms. The van der Waals surface area contributed by atoms with Crippen LogP contribution in [0.25, 0.3) is 0 Å². The number of carbonyl (C=O) groups excluding carboxylic acids is 1. The second-order valence-electron chi connectivity index (χ2n) is 5.64. The summed E-state index contributed by atoms with van der Waals surface area (Å²) >= 11 is 0. The first-order valence-electron chi connectivity index (χ1n) is 7.90. The molecule has 8 heteroatoms. The zero-order chi connectivity index (χ0) is 19.3. The molecule has 0 aliphatic carbocycles. The second-order valence-corrected chi connectivity index (χ2v) is 7.54. The van der Waals surface area contributed by atoms with Crippen LogP contribution in [-0.2, 0) is 26.1 Å². The zero-order valence-corrected chi connectivity index (χ0v) is 15.2. The van der Waals surface area contributed by atoms with E-state index in [2.05, 4.69) is 0 Å². The third-order valence-electron chi connectivity index (χ3n) is 3.60. The van der Waals surface area contributed by atoms with E-state index >= 15 is 0 Å². The number of hydrogen-bond acceptors (Lipinski definition) is 4. The van der Waals surface area contributed by atoms with E-state index in [4.69, 9.17) is 4.74 Å². The van der Waals surface area contributed by atoms with Gasteiger partial charge in [0.15, 0.2) is 0 Å². The quantitative estimate of drug-likeness (QED) is 0.690. The lowest BCUT2D eigenvalue weighted by molar-refractivity contribution is -0.143. The molecule has 0 radical (unpaired) electrons. The number of ether oxygens (including phenoxy) is 1. The van der Waals surface area contributed by atoms with Gasteiger partial charge in [0, 0.05) is 6.54 Å². The third kappa shape index (κ3) is 4.86. The predicted molar refractivity (Wildman–Crippen MR) is 91.8 cm³/mol. The number of aryl methyl sites for hydroxylation is 1. The Balaban J connectivity index is 2.42. The van der Waals surface area contributed by atoms with Gasteiger partial charge in [-0.25, -0.2) is 17.2 Å². The topological polar surface area (TPSA) is 63.7 Å². The van der Waals surface area contributed by atoms with Crippen LogP contribution in [0.15, 0.2) is 47.4 Å². The van der Waals surface area contributed by atoms with Crippen LogP contribution in [0.3, 0.4) is 0 Å². The summed E-state index contributed by atoms with van der Waals surface area (Å²) in [5.74, 6) is -2.76. The molecule has 5 nitrogen and oxygen atoms in total. The lowest BCUT2D eigenvalue weighted by Crippen LogP contribution is -2.36. The summed E-state index contributed by atoms with van der Waals surface area (Å²) < 4.78 is 58.7. The summed E-state index contributed by atoms with van der Waals surface area (Å²) in [6.45, 7) is 2.74. The summed E-state index contributed by atoms with van der Waals surface area (Å²) in [6, 6.07) is 9.12. The average molecular weight is 383 g/mol. The third-order valence-corrected chi connectivity index (χ3v) is 5.41. The van der Waals surface area contributed by atoms with Crippen molar-refractivity contribution in [3.8, 4) is 0 Å². The van der Waals surface area contributed by atoms with Gasteiger partial charge >= 0.3 is 5.97 Å². The van der Waals surface area contributed by atoms with Gasteiger partial charge in [-0.15, -0.1) is 0 Å². The van der Waals surface area contributed by atoms with Crippen molar-refractivity contribution in [2.75, 3.05) is 13.2 Å². The van der Waals surface area contributed by atoms with E-state index in [0.29, 0.717) is 11.6 Å². The van der Waals surface area contributed by atoms with Crippen LogP contribution < -0.4 is 0 Å². The fourth-order valence-corrected chi connectivity index (χ4v) is 3.74. The van der Waals surface area contributed by atoms with Gasteiger partial charge < -0.3 is 4.74 Å². The first kappa shape index (κ1) is 20.0. The summed E-state index contributed by atoms with van der Waals surface area (Å²) in [5.41, 5.74) is 1.57. The molecule has 2 aromatic carbocycles. The Morgan fingerprint density at radius 1 is 1.12 bits per heavy atom. The Morgan fingerprint density at radius 3 is 2.38 bits per heavy atom. The largest absolute Gasteiger partial charge is 0.465 e. The van der Waals surface area contributed by atoms with Crippen molar-refractivity contribution in [3.05, 3.63) is 65.2 Å². The van der Waals surface area contributed by atoms with E-state index in [-0.39, 0.29) is 13.2 Å². The van der Waals surface area contributed by atoms with Crippen molar-refractivity contribution in [3.63, 3.8) is 0 Å². The van der Waals surface area contributed by atoms with Crippen LogP contribution in [0.4, 0.5) is 8.78 Å². The molecule has 2 aromatic rings. The molecular formula is C18H19F2NO4S. The molecule has 2 rings (SSSR count). The van der Waals surface area contributed by atoms with Crippen molar-refractivity contribution >= 4 is 16.0 Å². The molecular weight excluding hydrogens is 364 g/mol. The van der Waals surface area contributed by atoms with E-state index < -0.39 is 39.1 Å². The Hall–Kier alpha value is -2.32. The number of nitrogens with zero attached hydrogens (tertiary/aromatic N) is 1. The van der Waals surface area contributed by atoms with Gasteiger partial charge in [0.05, 0.1) is 6.61 Å². The molecule has 0 aliphatic heterocycles. The molecule has 0 atom stereocenters. The lowest BCUT2D eigenvalue weighted by atomic mass is 10.1. The average Bonchev–Trinajstić information content (AvgIpc) is 2.58. The maximum absolute atomic E-state index is 14.0. The number of carbonyl (C=O) groups is 1. The van der Waals surface area contributed by atoms with Crippen molar-refractivity contribution in [2.24, 2.45) is 0 Å². The number of esters is 1. The van der Waals surface area contributed by atoms with E-state index in [1.807, 2.05) is 6.92 Å². The Bertz CT molecular complexity index is 883. The smallest absolute Gasteiger partial charge is 0.321 e. The molecule has 0 saturated carbocycles. The van der Waals surface area contributed by atoms with Crippen LogP contribution in [0, 0.1) is 18.6 Å². The van der Waals surface area contributed by atoms with Crippen LogP contribution in [-0.4, -0.2) is 31.8 Å². The molecule has 0 saturated heterocycles. The van der Waals surface area contributed by atoms with E-state index in [0.717, 1.165) is 22.0 Å². The molecule has 0 bridgehead atoms. The summed E-state index contributed by atoms with van der Waals surface area (Å²) in [5, 5.41) is 0. The van der Waals surface area contributed by atoms with Gasteiger partial charge in [-0.3, -0.25) is 4.79 Å². The van der Waals surface area contributed by atoms with Crippen molar-refractivity contribution < 1.29 is 26.7 Å². The molecule has 26 heavy (non-hydrogen) atoms. The van der Waals surface area contributed by atoms with Crippen LogP contribution in [0.5, 0.6) is 0 Å². The second kappa shape index (κ2) is 8.37. The Labute approximate surface area is 151 Å². The number of rotatable bonds is 7. The fraction of sp³-hybridized carbons (Fsp3) is 0.278. The molecule has 140 valence electrons. The van der Waals surface area contributed by atoms with Gasteiger partial charge in [-0.2, -0.15) is 4.31 Å². The van der Waals surface area contributed by atoms with Gasteiger partial charge in [0.25, 0.3) is 0 Å². The van der Waals surface area contributed by atoms with Gasteiger partial charge in [-0.1, -0.05) is 29.8 Å². The van der Waals surface area contributed by atoms with Crippen molar-refractivity contribution in [1.29, 1.82) is 0 Å². The van der Waals surface area contributed by atoms with Gasteiger partial charge in [0.2, 0.25) is 10.0 Å². The highest BCUT2D eigenvalue weighted by atomic mass is 32.2. The van der Waals surface area contributed by atoms with Crippen LogP contribution in [0.2, 0.25) is 0 Å². The molecule has 0 aliphatic rings. The summed E-state index contributed by atoms with van der Waals surface area (Å²) in [6.07, 6.45) is 0. The van der Waals surface area contributed by atoms with Crippen molar-refractivity contribution in [1.82, 2.24) is 4.31 Å². The standard InChI is InChI=1S/C18H19F2NO4S/c1-3-25-18(22)12-21(11-14-6-4-13(2)5-7-14)26(23,24)17-10-15(19)8-9-16(17)20/h4-10H,3,11-12H2,1-2H3. The maximum atomic E-state index is 14.0. The summed E-state index contributed by atoms with van der Waals surface area (Å²) in [4.78, 5) is 11.0. The monoisotopic (exact) mass is 383 g/mol. The minimum Gasteiger partial charge on any atom is -0.465 e. The van der Waals surface area contributed by atoms with Crippen LogP contribution in [0.1, 0.15) is 18.1 Å². The van der Waals surface area contributed by atoms with E-state index in [1.54, 1.807) is 31.2 Å². The fourth-order valence-electron chi connectivity index (χ4n) is 2.29. The first-order chi connectivity index (χ1) is 12.2. The lowest BCUT2D eigenvalue weighted by Gasteiger charge is -2.22. The first-order valence-corrected chi connectivity index (χ1v) is 9.34. The Kier molecular flexibility index (Phi) is 6.44. The molecule has 0 fully saturated rings. The molecule has 0 unspecified atom stereocenters. The number of hydrogen-bond donors (Lipinski definition) is 0. The van der Waals surface area contributed by atoms with Gasteiger partial charge in [-0.05, 0) is 37.6 Å². The van der Waals surface area contributed by atoms with E-state index in [9.17, 15) is 22.0 Å². The molecule has 0 heterocycles. The zero-order valence-electron chi connectivity index (χ0n) is 14.4. The normalized spacial score (nSPS) is 11.6. The molecule has 0 aromatic heterocycles. The van der Waals surface area contributed by atoms with E-state index in [1.165, 1.54) is 0 Å². The maximum Gasteiger partial charge on any atom is 0.321 e. The minimum absolute atomic E-state index is 0.0750. The number of halogens is 2. The van der Waals surface area contributed by atoms with Crippen LogP contribution >= 0.6 is 0 Å². The van der Waals surface area contributed by atoms with Gasteiger partial charge in [0.1, 0.15) is 23.1 Å².